The van der Waals surface area contributed by atoms with Crippen molar-refractivity contribution < 1.29 is 4.79 Å². The third-order valence-electron chi connectivity index (χ3n) is 5.56. The van der Waals surface area contributed by atoms with Crippen LogP contribution in [0.2, 0.25) is 0 Å². The number of anilines is 1. The van der Waals surface area contributed by atoms with Crippen LogP contribution in [0.15, 0.2) is 72.1 Å². The second-order valence-electron chi connectivity index (χ2n) is 7.46. The normalized spacial score (nSPS) is 14.3. The molecule has 30 heavy (non-hydrogen) atoms. The van der Waals surface area contributed by atoms with Gasteiger partial charge in [-0.05, 0) is 40.4 Å². The molecular weight excluding hydrogens is 392 g/mol. The molecule has 0 atom stereocenters. The summed E-state index contributed by atoms with van der Waals surface area (Å²) in [7, 11) is 0. The maximum Gasteiger partial charge on any atom is 0.227 e. The monoisotopic (exact) mass is 414 g/mol. The van der Waals surface area contributed by atoms with E-state index >= 15 is 0 Å². The van der Waals surface area contributed by atoms with E-state index in [1.165, 1.54) is 10.8 Å². The molecule has 3 heterocycles. The molecule has 2 aromatic heterocycles. The number of fused-ring (bicyclic) bond motifs is 1. The fourth-order valence-electron chi connectivity index (χ4n) is 3.86. The Bertz CT molecular complexity index is 1150. The van der Waals surface area contributed by atoms with Crippen molar-refractivity contribution in [1.82, 2.24) is 15.1 Å². The number of hydrogen-bond acceptors (Lipinski definition) is 5. The van der Waals surface area contributed by atoms with Crippen LogP contribution in [0.4, 0.5) is 5.82 Å². The molecule has 0 radical (unpaired) electrons. The van der Waals surface area contributed by atoms with E-state index in [9.17, 15) is 4.79 Å². The zero-order valence-corrected chi connectivity index (χ0v) is 17.4. The number of rotatable bonds is 4. The molecule has 0 aliphatic carbocycles. The number of aromatic nitrogens is 2. The highest BCUT2D eigenvalue weighted by molar-refractivity contribution is 7.10. The lowest BCUT2D eigenvalue weighted by Gasteiger charge is -2.35. The summed E-state index contributed by atoms with van der Waals surface area (Å²) in [5, 5.41) is 13.4. The van der Waals surface area contributed by atoms with Crippen LogP contribution in [0.1, 0.15) is 4.88 Å². The molecule has 1 aliphatic heterocycles. The first-order valence-corrected chi connectivity index (χ1v) is 11.0. The van der Waals surface area contributed by atoms with Crippen LogP contribution >= 0.6 is 11.3 Å². The highest BCUT2D eigenvalue weighted by atomic mass is 32.1. The molecule has 1 aliphatic rings. The summed E-state index contributed by atoms with van der Waals surface area (Å²) in [6, 6.07) is 22.7. The minimum atomic E-state index is 0.204. The molecule has 5 rings (SSSR count). The minimum absolute atomic E-state index is 0.204. The van der Waals surface area contributed by atoms with Crippen molar-refractivity contribution in [3.05, 3.63) is 77.0 Å². The average molecular weight is 415 g/mol. The van der Waals surface area contributed by atoms with Gasteiger partial charge in [0.25, 0.3) is 0 Å². The quantitative estimate of drug-likeness (QED) is 0.501. The molecule has 5 nitrogen and oxygen atoms in total. The first kappa shape index (κ1) is 18.8. The molecular formula is C24H22N4OS. The fraction of sp³-hybridized carbons (Fsp3) is 0.208. The molecule has 1 amide bonds. The maximum atomic E-state index is 12.5. The van der Waals surface area contributed by atoms with Gasteiger partial charge in [-0.2, -0.15) is 0 Å². The van der Waals surface area contributed by atoms with E-state index in [1.807, 2.05) is 46.7 Å². The number of benzene rings is 2. The summed E-state index contributed by atoms with van der Waals surface area (Å²) in [5.74, 6) is 1.07. The van der Waals surface area contributed by atoms with Crippen LogP contribution in [0.3, 0.4) is 0 Å². The van der Waals surface area contributed by atoms with E-state index in [0.29, 0.717) is 6.42 Å². The third-order valence-corrected chi connectivity index (χ3v) is 6.43. The predicted octanol–water partition coefficient (Wildman–Crippen LogP) is 4.25. The van der Waals surface area contributed by atoms with Crippen LogP contribution < -0.4 is 4.90 Å². The van der Waals surface area contributed by atoms with Gasteiger partial charge in [-0.15, -0.1) is 21.5 Å². The number of nitrogens with zero attached hydrogens (tertiary/aromatic N) is 4. The molecule has 0 unspecified atom stereocenters. The van der Waals surface area contributed by atoms with Crippen LogP contribution in [0.5, 0.6) is 0 Å². The predicted molar refractivity (Wildman–Crippen MR) is 122 cm³/mol. The minimum Gasteiger partial charge on any atom is -0.352 e. The third kappa shape index (κ3) is 3.91. The van der Waals surface area contributed by atoms with Gasteiger partial charge in [-0.1, -0.05) is 42.5 Å². The van der Waals surface area contributed by atoms with Crippen molar-refractivity contribution in [1.29, 1.82) is 0 Å². The molecule has 2 aromatic carbocycles. The Morgan fingerprint density at radius 1 is 0.867 bits per heavy atom. The first-order valence-electron chi connectivity index (χ1n) is 10.1. The van der Waals surface area contributed by atoms with Gasteiger partial charge >= 0.3 is 0 Å². The van der Waals surface area contributed by atoms with Gasteiger partial charge in [0.15, 0.2) is 5.82 Å². The molecule has 1 saturated heterocycles. The van der Waals surface area contributed by atoms with E-state index in [2.05, 4.69) is 45.4 Å². The van der Waals surface area contributed by atoms with E-state index in [1.54, 1.807) is 11.3 Å². The van der Waals surface area contributed by atoms with Gasteiger partial charge in [-0.3, -0.25) is 4.79 Å². The molecule has 0 spiro atoms. The molecule has 150 valence electrons. The molecule has 0 bridgehead atoms. The summed E-state index contributed by atoms with van der Waals surface area (Å²) in [4.78, 5) is 17.8. The Morgan fingerprint density at radius 3 is 2.43 bits per heavy atom. The molecule has 4 aromatic rings. The lowest BCUT2D eigenvalue weighted by Crippen LogP contribution is -2.49. The zero-order valence-electron chi connectivity index (χ0n) is 16.6. The van der Waals surface area contributed by atoms with Crippen molar-refractivity contribution in [2.24, 2.45) is 0 Å². The summed E-state index contributed by atoms with van der Waals surface area (Å²) < 4.78 is 0. The van der Waals surface area contributed by atoms with E-state index < -0.39 is 0 Å². The number of hydrogen-bond donors (Lipinski definition) is 0. The Balaban J connectivity index is 1.23. The van der Waals surface area contributed by atoms with E-state index in [0.717, 1.165) is 48.1 Å². The smallest absolute Gasteiger partial charge is 0.227 e. The number of thiophene rings is 1. The van der Waals surface area contributed by atoms with Crippen molar-refractivity contribution in [3.63, 3.8) is 0 Å². The van der Waals surface area contributed by atoms with Gasteiger partial charge < -0.3 is 9.80 Å². The van der Waals surface area contributed by atoms with Crippen LogP contribution in [-0.4, -0.2) is 47.2 Å². The lowest BCUT2D eigenvalue weighted by molar-refractivity contribution is -0.130. The fourth-order valence-corrected chi connectivity index (χ4v) is 4.55. The van der Waals surface area contributed by atoms with Gasteiger partial charge in [0.1, 0.15) is 0 Å². The highest BCUT2D eigenvalue weighted by Gasteiger charge is 2.22. The SMILES string of the molecule is O=C(Cc1cccs1)N1CCN(c2ccc(-c3ccc4ccccc4c3)nn2)CC1. The summed E-state index contributed by atoms with van der Waals surface area (Å²) in [5.41, 5.74) is 1.94. The van der Waals surface area contributed by atoms with Crippen molar-refractivity contribution in [3.8, 4) is 11.3 Å². The summed E-state index contributed by atoms with van der Waals surface area (Å²) >= 11 is 1.64. The van der Waals surface area contributed by atoms with Gasteiger partial charge in [-0.25, -0.2) is 0 Å². The Hall–Kier alpha value is -3.25. The summed E-state index contributed by atoms with van der Waals surface area (Å²) in [6.45, 7) is 3.00. The lowest BCUT2D eigenvalue weighted by atomic mass is 10.1. The second kappa shape index (κ2) is 8.24. The number of amides is 1. The molecule has 6 heteroatoms. The van der Waals surface area contributed by atoms with Gasteiger partial charge in [0.05, 0.1) is 12.1 Å². The molecule has 1 fully saturated rings. The molecule has 0 N–H and O–H groups in total. The Labute approximate surface area is 179 Å². The Kier molecular flexibility index (Phi) is 5.15. The average Bonchev–Trinajstić information content (AvgIpc) is 3.32. The van der Waals surface area contributed by atoms with Gasteiger partial charge in [0, 0.05) is 36.6 Å². The second-order valence-corrected chi connectivity index (χ2v) is 8.49. The standard InChI is InChI=1S/C24H22N4OS/c29-24(17-21-6-3-15-30-21)28-13-11-27(12-14-28)23-10-9-22(25-26-23)20-8-7-18-4-1-2-5-19(18)16-20/h1-10,15-16H,11-14,17H2. The topological polar surface area (TPSA) is 49.3 Å². The van der Waals surface area contributed by atoms with Crippen LogP contribution in [0.25, 0.3) is 22.0 Å². The van der Waals surface area contributed by atoms with Crippen LogP contribution in [0, 0.1) is 0 Å². The molecule has 0 saturated carbocycles. The van der Waals surface area contributed by atoms with Gasteiger partial charge in [0.2, 0.25) is 5.91 Å². The summed E-state index contributed by atoms with van der Waals surface area (Å²) in [6.07, 6.45) is 0.498. The van der Waals surface area contributed by atoms with Crippen molar-refractivity contribution in [2.45, 2.75) is 6.42 Å². The number of piperazine rings is 1. The van der Waals surface area contributed by atoms with Crippen molar-refractivity contribution >= 4 is 33.8 Å². The largest absolute Gasteiger partial charge is 0.352 e. The van der Waals surface area contributed by atoms with E-state index in [4.69, 9.17) is 0 Å². The van der Waals surface area contributed by atoms with Crippen LogP contribution in [-0.2, 0) is 11.2 Å². The Morgan fingerprint density at radius 2 is 1.70 bits per heavy atom. The first-order chi connectivity index (χ1) is 14.8. The van der Waals surface area contributed by atoms with Crippen molar-refractivity contribution in [2.75, 3.05) is 31.1 Å². The number of carbonyl (C=O) groups excluding carboxylic acids is 1. The van der Waals surface area contributed by atoms with E-state index in [-0.39, 0.29) is 5.91 Å². The maximum absolute atomic E-state index is 12.5. The zero-order chi connectivity index (χ0) is 20.3. The number of carbonyl (C=O) groups is 1. The highest BCUT2D eigenvalue weighted by Crippen LogP contribution is 2.24.